The minimum atomic E-state index is -4.34. The summed E-state index contributed by atoms with van der Waals surface area (Å²) in [5, 5.41) is 5.12. The largest absolute Gasteiger partial charge is 0.405 e. The summed E-state index contributed by atoms with van der Waals surface area (Å²) in [4.78, 5) is 13.1. The molecule has 1 heterocycles. The molecule has 0 atom stereocenters. The summed E-state index contributed by atoms with van der Waals surface area (Å²) < 4.78 is 35.7. The summed E-state index contributed by atoms with van der Waals surface area (Å²) in [6.45, 7) is 1.45. The van der Waals surface area contributed by atoms with Crippen molar-refractivity contribution in [3.8, 4) is 0 Å². The summed E-state index contributed by atoms with van der Waals surface area (Å²) in [5.41, 5.74) is 0. The van der Waals surface area contributed by atoms with Crippen LogP contribution in [0, 0.1) is 5.92 Å². The lowest BCUT2D eigenvalue weighted by molar-refractivity contribution is -0.138. The Morgan fingerprint density at radius 1 is 1.39 bits per heavy atom. The smallest absolute Gasteiger partial charge is 0.346 e. The minimum absolute atomic E-state index is 0.0139. The van der Waals surface area contributed by atoms with Crippen LogP contribution in [0.15, 0.2) is 0 Å². The molecule has 4 nitrogen and oxygen atoms in total. The highest BCUT2D eigenvalue weighted by molar-refractivity contribution is 5.77. The molecule has 1 saturated heterocycles. The van der Waals surface area contributed by atoms with Crippen LogP contribution >= 0.6 is 0 Å². The number of likely N-dealkylation sites (N-methyl/N-ethyl adjacent to an activating group) is 1. The van der Waals surface area contributed by atoms with Gasteiger partial charge in [-0.05, 0) is 38.9 Å². The van der Waals surface area contributed by atoms with Crippen molar-refractivity contribution in [1.82, 2.24) is 15.5 Å². The van der Waals surface area contributed by atoms with Gasteiger partial charge in [-0.3, -0.25) is 9.69 Å². The number of hydrogen-bond acceptors (Lipinski definition) is 3. The maximum absolute atomic E-state index is 11.9. The molecule has 1 aliphatic rings. The second-order valence-electron chi connectivity index (χ2n) is 4.78. The fourth-order valence-corrected chi connectivity index (χ4v) is 2.07. The van der Waals surface area contributed by atoms with E-state index in [0.29, 0.717) is 5.92 Å². The number of carbonyl (C=O) groups is 1. The van der Waals surface area contributed by atoms with E-state index in [1.807, 2.05) is 5.32 Å². The molecule has 0 unspecified atom stereocenters. The SMILES string of the molecule is CN(CC(=O)NCC(F)(F)F)CC1CCNCC1. The Morgan fingerprint density at radius 3 is 2.56 bits per heavy atom. The fourth-order valence-electron chi connectivity index (χ4n) is 2.07. The lowest BCUT2D eigenvalue weighted by Crippen LogP contribution is -2.42. The standard InChI is InChI=1S/C11H20F3N3O/c1-17(6-9-2-4-15-5-3-9)7-10(18)16-8-11(12,13)14/h9,15H,2-8H2,1H3,(H,16,18). The van der Waals surface area contributed by atoms with Gasteiger partial charge in [0.1, 0.15) is 6.54 Å². The number of alkyl halides is 3. The third kappa shape index (κ3) is 6.80. The normalized spacial score (nSPS) is 18.1. The van der Waals surface area contributed by atoms with Crippen LogP contribution in [0.25, 0.3) is 0 Å². The molecule has 0 spiro atoms. The first-order chi connectivity index (χ1) is 8.37. The maximum atomic E-state index is 11.9. The quantitative estimate of drug-likeness (QED) is 0.766. The highest BCUT2D eigenvalue weighted by Crippen LogP contribution is 2.13. The molecule has 0 aromatic rings. The van der Waals surface area contributed by atoms with Crippen molar-refractivity contribution in [2.45, 2.75) is 19.0 Å². The minimum Gasteiger partial charge on any atom is -0.346 e. The lowest BCUT2D eigenvalue weighted by atomic mass is 9.98. The highest BCUT2D eigenvalue weighted by atomic mass is 19.4. The number of piperidine rings is 1. The summed E-state index contributed by atoms with van der Waals surface area (Å²) in [7, 11) is 1.76. The van der Waals surface area contributed by atoms with E-state index in [1.165, 1.54) is 0 Å². The predicted molar refractivity (Wildman–Crippen MR) is 62.2 cm³/mol. The molecule has 0 bridgehead atoms. The molecule has 1 aliphatic heterocycles. The molecule has 0 aromatic carbocycles. The molecule has 0 radical (unpaired) electrons. The van der Waals surface area contributed by atoms with E-state index in [2.05, 4.69) is 5.32 Å². The number of nitrogens with zero attached hydrogens (tertiary/aromatic N) is 1. The zero-order chi connectivity index (χ0) is 13.6. The Balaban J connectivity index is 2.18. The van der Waals surface area contributed by atoms with Crippen LogP contribution in [0.3, 0.4) is 0 Å². The van der Waals surface area contributed by atoms with Crippen LogP contribution in [0.1, 0.15) is 12.8 Å². The van der Waals surface area contributed by atoms with Crippen molar-refractivity contribution >= 4 is 5.91 Å². The van der Waals surface area contributed by atoms with Gasteiger partial charge in [0, 0.05) is 6.54 Å². The third-order valence-electron chi connectivity index (χ3n) is 2.93. The number of hydrogen-bond donors (Lipinski definition) is 2. The molecule has 1 amide bonds. The van der Waals surface area contributed by atoms with Crippen LogP contribution in [-0.4, -0.2) is 56.8 Å². The first-order valence-electron chi connectivity index (χ1n) is 6.09. The fraction of sp³-hybridized carbons (Fsp3) is 0.909. The number of rotatable bonds is 5. The number of amides is 1. The van der Waals surface area contributed by atoms with Crippen molar-refractivity contribution in [1.29, 1.82) is 0 Å². The van der Waals surface area contributed by atoms with Crippen LogP contribution < -0.4 is 10.6 Å². The Bertz CT molecular complexity index is 265. The van der Waals surface area contributed by atoms with E-state index in [4.69, 9.17) is 0 Å². The highest BCUT2D eigenvalue weighted by Gasteiger charge is 2.27. The summed E-state index contributed by atoms with van der Waals surface area (Å²) in [5.74, 6) is -0.0598. The molecule has 2 N–H and O–H groups in total. The first kappa shape index (κ1) is 15.2. The van der Waals surface area contributed by atoms with Gasteiger partial charge >= 0.3 is 6.18 Å². The molecule has 106 valence electrons. The van der Waals surface area contributed by atoms with E-state index in [1.54, 1.807) is 11.9 Å². The molecule has 7 heteroatoms. The Kier molecular flexibility index (Phi) is 5.87. The third-order valence-corrected chi connectivity index (χ3v) is 2.93. The topological polar surface area (TPSA) is 44.4 Å². The van der Waals surface area contributed by atoms with Gasteiger partial charge < -0.3 is 10.6 Å². The molecular formula is C11H20F3N3O. The van der Waals surface area contributed by atoms with Gasteiger partial charge in [-0.2, -0.15) is 13.2 Å². The predicted octanol–water partition coefficient (Wildman–Crippen LogP) is 0.596. The molecule has 18 heavy (non-hydrogen) atoms. The van der Waals surface area contributed by atoms with Crippen molar-refractivity contribution in [2.75, 3.05) is 39.8 Å². The number of carbonyl (C=O) groups excluding carboxylic acids is 1. The first-order valence-corrected chi connectivity index (χ1v) is 6.09. The van der Waals surface area contributed by atoms with E-state index >= 15 is 0 Å². The summed E-state index contributed by atoms with van der Waals surface area (Å²) in [6.07, 6.45) is -2.24. The van der Waals surface area contributed by atoms with E-state index in [-0.39, 0.29) is 6.54 Å². The molecule has 0 aromatic heterocycles. The van der Waals surface area contributed by atoms with Crippen molar-refractivity contribution in [3.63, 3.8) is 0 Å². The summed E-state index contributed by atoms with van der Waals surface area (Å²) >= 11 is 0. The summed E-state index contributed by atoms with van der Waals surface area (Å²) in [6, 6.07) is 0. The molecule has 1 rings (SSSR count). The maximum Gasteiger partial charge on any atom is 0.405 e. The zero-order valence-electron chi connectivity index (χ0n) is 10.5. The Morgan fingerprint density at radius 2 is 2.00 bits per heavy atom. The Labute approximate surface area is 105 Å². The van der Waals surface area contributed by atoms with Crippen molar-refractivity contribution in [2.24, 2.45) is 5.92 Å². The molecule has 0 saturated carbocycles. The van der Waals surface area contributed by atoms with Crippen LogP contribution in [0.4, 0.5) is 13.2 Å². The van der Waals surface area contributed by atoms with Gasteiger partial charge in [-0.1, -0.05) is 0 Å². The average molecular weight is 267 g/mol. The van der Waals surface area contributed by atoms with Gasteiger partial charge in [-0.15, -0.1) is 0 Å². The Hall–Kier alpha value is -0.820. The van der Waals surface area contributed by atoms with E-state index in [9.17, 15) is 18.0 Å². The van der Waals surface area contributed by atoms with Crippen molar-refractivity contribution < 1.29 is 18.0 Å². The van der Waals surface area contributed by atoms with E-state index in [0.717, 1.165) is 32.5 Å². The van der Waals surface area contributed by atoms with Gasteiger partial charge in [0.2, 0.25) is 5.91 Å². The molecular weight excluding hydrogens is 247 g/mol. The van der Waals surface area contributed by atoms with Crippen LogP contribution in [0.2, 0.25) is 0 Å². The monoisotopic (exact) mass is 267 g/mol. The second kappa shape index (κ2) is 6.94. The van der Waals surface area contributed by atoms with Gasteiger partial charge in [0.05, 0.1) is 6.54 Å². The van der Waals surface area contributed by atoms with Crippen LogP contribution in [-0.2, 0) is 4.79 Å². The zero-order valence-corrected chi connectivity index (χ0v) is 10.5. The lowest BCUT2D eigenvalue weighted by Gasteiger charge is -2.27. The van der Waals surface area contributed by atoms with Gasteiger partial charge in [0.25, 0.3) is 0 Å². The van der Waals surface area contributed by atoms with Crippen molar-refractivity contribution in [3.05, 3.63) is 0 Å². The van der Waals surface area contributed by atoms with Gasteiger partial charge in [-0.25, -0.2) is 0 Å². The van der Waals surface area contributed by atoms with Crippen LogP contribution in [0.5, 0.6) is 0 Å². The average Bonchev–Trinajstić information content (AvgIpc) is 2.26. The number of nitrogens with one attached hydrogen (secondary N) is 2. The second-order valence-corrected chi connectivity index (χ2v) is 4.78. The molecule has 0 aliphatic carbocycles. The molecule has 1 fully saturated rings. The van der Waals surface area contributed by atoms with E-state index < -0.39 is 18.6 Å². The number of halogens is 3. The van der Waals surface area contributed by atoms with Gasteiger partial charge in [0.15, 0.2) is 0 Å².